The van der Waals surface area contributed by atoms with Gasteiger partial charge in [0.05, 0.1) is 25.2 Å². The van der Waals surface area contributed by atoms with E-state index in [0.29, 0.717) is 19.8 Å². The zero-order valence-electron chi connectivity index (χ0n) is 19.4. The Kier molecular flexibility index (Phi) is 7.42. The molecule has 0 aliphatic carbocycles. The quantitative estimate of drug-likeness (QED) is 0.678. The molecule has 1 amide bonds. The molecule has 2 unspecified atom stereocenters. The van der Waals surface area contributed by atoms with Crippen LogP contribution in [0, 0.1) is 11.8 Å². The van der Waals surface area contributed by atoms with Crippen LogP contribution in [0.3, 0.4) is 0 Å². The summed E-state index contributed by atoms with van der Waals surface area (Å²) >= 11 is 0. The molecule has 8 heteroatoms. The van der Waals surface area contributed by atoms with Crippen LogP contribution in [0.5, 0.6) is 5.75 Å². The number of hydrogen-bond donors (Lipinski definition) is 1. The number of aromatic nitrogens is 3. The molecule has 2 aliphatic rings. The molecule has 8 nitrogen and oxygen atoms in total. The molecule has 2 aliphatic heterocycles. The maximum atomic E-state index is 12.7. The second-order valence-corrected chi connectivity index (χ2v) is 9.02. The number of rotatable bonds is 8. The van der Waals surface area contributed by atoms with Crippen molar-refractivity contribution >= 4 is 5.91 Å². The van der Waals surface area contributed by atoms with E-state index in [1.807, 2.05) is 19.1 Å². The van der Waals surface area contributed by atoms with E-state index < -0.39 is 0 Å². The van der Waals surface area contributed by atoms with Crippen LogP contribution in [0.25, 0.3) is 0 Å². The molecule has 32 heavy (non-hydrogen) atoms. The first-order valence-corrected chi connectivity index (χ1v) is 11.8. The van der Waals surface area contributed by atoms with Gasteiger partial charge in [0.25, 0.3) is 0 Å². The highest BCUT2D eigenvalue weighted by atomic mass is 16.5. The Bertz CT molecular complexity index is 890. The van der Waals surface area contributed by atoms with Crippen molar-refractivity contribution in [2.24, 2.45) is 11.8 Å². The third-order valence-corrected chi connectivity index (χ3v) is 6.33. The van der Waals surface area contributed by atoms with Crippen LogP contribution in [-0.2, 0) is 29.0 Å². The summed E-state index contributed by atoms with van der Waals surface area (Å²) in [6, 6.07) is 8.20. The molecule has 3 heterocycles. The van der Waals surface area contributed by atoms with E-state index in [-0.39, 0.29) is 23.8 Å². The number of carbonyl (C=O) groups is 1. The van der Waals surface area contributed by atoms with Crippen molar-refractivity contribution in [2.45, 2.75) is 52.7 Å². The maximum absolute atomic E-state index is 12.7. The minimum Gasteiger partial charge on any atom is -0.494 e. The number of nitrogens with one attached hydrogen (secondary N) is 1. The third kappa shape index (κ3) is 5.30. The van der Waals surface area contributed by atoms with E-state index >= 15 is 0 Å². The Morgan fingerprint density at radius 1 is 1.22 bits per heavy atom. The van der Waals surface area contributed by atoms with Crippen molar-refractivity contribution in [3.05, 3.63) is 41.5 Å². The summed E-state index contributed by atoms with van der Waals surface area (Å²) in [5.74, 6) is 2.99. The standard InChI is InChI=1S/C24H35N5O3/c1-4-32-20-7-5-18(6-8-20)15-28-11-9-21-26-27-23(29(21)13-12-28)22(17(2)3)25-24(30)19-10-14-31-16-19/h5-8,17,19,22H,4,9-16H2,1-3H3,(H,25,30). The van der Waals surface area contributed by atoms with Gasteiger partial charge in [0.2, 0.25) is 5.91 Å². The average Bonchev–Trinajstić information content (AvgIpc) is 3.42. The first-order valence-electron chi connectivity index (χ1n) is 11.8. The summed E-state index contributed by atoms with van der Waals surface area (Å²) < 4.78 is 13.2. The Morgan fingerprint density at radius 2 is 2.03 bits per heavy atom. The monoisotopic (exact) mass is 441 g/mol. The molecular formula is C24H35N5O3. The fourth-order valence-electron chi connectivity index (χ4n) is 4.43. The van der Waals surface area contributed by atoms with E-state index in [4.69, 9.17) is 9.47 Å². The van der Waals surface area contributed by atoms with Crippen LogP contribution in [0.15, 0.2) is 24.3 Å². The molecule has 1 aromatic carbocycles. The van der Waals surface area contributed by atoms with Gasteiger partial charge in [-0.2, -0.15) is 0 Å². The molecule has 1 fully saturated rings. The Hall–Kier alpha value is -2.45. The number of amides is 1. The molecular weight excluding hydrogens is 406 g/mol. The second kappa shape index (κ2) is 10.4. The van der Waals surface area contributed by atoms with Crippen molar-refractivity contribution in [1.29, 1.82) is 0 Å². The van der Waals surface area contributed by atoms with Gasteiger partial charge in [0, 0.05) is 39.2 Å². The molecule has 0 spiro atoms. The van der Waals surface area contributed by atoms with Crippen molar-refractivity contribution < 1.29 is 14.3 Å². The van der Waals surface area contributed by atoms with E-state index in [9.17, 15) is 4.79 Å². The van der Waals surface area contributed by atoms with E-state index in [0.717, 1.165) is 56.4 Å². The molecule has 1 saturated heterocycles. The average molecular weight is 442 g/mol. The number of fused-ring (bicyclic) bond motifs is 1. The Morgan fingerprint density at radius 3 is 2.72 bits per heavy atom. The summed E-state index contributed by atoms with van der Waals surface area (Å²) in [6.45, 7) is 11.6. The molecule has 1 N–H and O–H groups in total. The van der Waals surface area contributed by atoms with Crippen LogP contribution in [0.1, 0.15) is 50.4 Å². The van der Waals surface area contributed by atoms with Gasteiger partial charge in [0.1, 0.15) is 11.6 Å². The normalized spacial score (nSPS) is 20.1. The minimum absolute atomic E-state index is 0.0595. The second-order valence-electron chi connectivity index (χ2n) is 9.02. The van der Waals surface area contributed by atoms with Gasteiger partial charge >= 0.3 is 0 Å². The SMILES string of the molecule is CCOc1ccc(CN2CCc3nnc(C(NC(=O)C4CCOC4)C(C)C)n3CC2)cc1. The first-order chi connectivity index (χ1) is 15.5. The third-order valence-electron chi connectivity index (χ3n) is 6.33. The van der Waals surface area contributed by atoms with Crippen LogP contribution in [0.2, 0.25) is 0 Å². The van der Waals surface area contributed by atoms with Gasteiger partial charge < -0.3 is 19.4 Å². The molecule has 0 radical (unpaired) electrons. The molecule has 4 rings (SSSR count). The van der Waals surface area contributed by atoms with Crippen LogP contribution < -0.4 is 10.1 Å². The fourth-order valence-corrected chi connectivity index (χ4v) is 4.43. The predicted molar refractivity (Wildman–Crippen MR) is 121 cm³/mol. The van der Waals surface area contributed by atoms with E-state index in [1.54, 1.807) is 0 Å². The summed E-state index contributed by atoms with van der Waals surface area (Å²) in [5, 5.41) is 12.2. The van der Waals surface area contributed by atoms with Crippen LogP contribution in [0.4, 0.5) is 0 Å². The van der Waals surface area contributed by atoms with Gasteiger partial charge in [-0.3, -0.25) is 9.69 Å². The smallest absolute Gasteiger partial charge is 0.226 e. The molecule has 0 bridgehead atoms. The lowest BCUT2D eigenvalue weighted by Crippen LogP contribution is -2.38. The van der Waals surface area contributed by atoms with Crippen molar-refractivity contribution in [1.82, 2.24) is 25.0 Å². The van der Waals surface area contributed by atoms with E-state index in [2.05, 4.69) is 51.0 Å². The van der Waals surface area contributed by atoms with Crippen LogP contribution >= 0.6 is 0 Å². The summed E-state index contributed by atoms with van der Waals surface area (Å²) in [5.41, 5.74) is 1.28. The first kappa shape index (κ1) is 22.7. The number of nitrogens with zero attached hydrogens (tertiary/aromatic N) is 4. The van der Waals surface area contributed by atoms with Gasteiger partial charge in [-0.1, -0.05) is 26.0 Å². The van der Waals surface area contributed by atoms with Crippen molar-refractivity contribution in [3.63, 3.8) is 0 Å². The molecule has 1 aromatic heterocycles. The Labute approximate surface area is 190 Å². The van der Waals surface area contributed by atoms with Crippen molar-refractivity contribution in [2.75, 3.05) is 32.9 Å². The largest absolute Gasteiger partial charge is 0.494 e. The van der Waals surface area contributed by atoms with Gasteiger partial charge in [-0.15, -0.1) is 10.2 Å². The zero-order valence-corrected chi connectivity index (χ0v) is 19.4. The minimum atomic E-state index is -0.151. The van der Waals surface area contributed by atoms with E-state index in [1.165, 1.54) is 5.56 Å². The number of hydrogen-bond acceptors (Lipinski definition) is 6. The molecule has 174 valence electrons. The highest BCUT2D eigenvalue weighted by Crippen LogP contribution is 2.24. The number of ether oxygens (including phenoxy) is 2. The predicted octanol–water partition coefficient (Wildman–Crippen LogP) is 2.58. The van der Waals surface area contributed by atoms with Gasteiger partial charge in [-0.05, 0) is 37.0 Å². The summed E-state index contributed by atoms with van der Waals surface area (Å²) in [6.07, 6.45) is 1.63. The summed E-state index contributed by atoms with van der Waals surface area (Å²) in [4.78, 5) is 15.2. The fraction of sp³-hybridized carbons (Fsp3) is 0.625. The topological polar surface area (TPSA) is 81.5 Å². The number of benzene rings is 1. The number of carbonyl (C=O) groups excluding carboxylic acids is 1. The molecule has 0 saturated carbocycles. The van der Waals surface area contributed by atoms with Crippen molar-refractivity contribution in [3.8, 4) is 5.75 Å². The zero-order chi connectivity index (χ0) is 22.5. The summed E-state index contributed by atoms with van der Waals surface area (Å²) in [7, 11) is 0. The Balaban J connectivity index is 1.41. The lowest BCUT2D eigenvalue weighted by Gasteiger charge is -2.24. The lowest BCUT2D eigenvalue weighted by atomic mass is 10.0. The highest BCUT2D eigenvalue weighted by molar-refractivity contribution is 5.79. The molecule has 2 aromatic rings. The van der Waals surface area contributed by atoms with Crippen LogP contribution in [-0.4, -0.2) is 58.5 Å². The molecule has 2 atom stereocenters. The lowest BCUT2D eigenvalue weighted by molar-refractivity contribution is -0.126. The highest BCUT2D eigenvalue weighted by Gasteiger charge is 2.31. The van der Waals surface area contributed by atoms with Gasteiger partial charge in [-0.25, -0.2) is 0 Å². The maximum Gasteiger partial charge on any atom is 0.226 e. The van der Waals surface area contributed by atoms with Gasteiger partial charge in [0.15, 0.2) is 5.82 Å².